The predicted molar refractivity (Wildman–Crippen MR) is 138 cm³/mol. The van der Waals surface area contributed by atoms with Crippen molar-refractivity contribution in [1.82, 2.24) is 9.88 Å². The lowest BCUT2D eigenvalue weighted by Crippen LogP contribution is -2.45. The molecule has 8 nitrogen and oxygen atoms in total. The van der Waals surface area contributed by atoms with Crippen molar-refractivity contribution in [3.8, 4) is 5.75 Å². The van der Waals surface area contributed by atoms with Crippen molar-refractivity contribution < 1.29 is 36.6 Å². The number of benzene rings is 2. The van der Waals surface area contributed by atoms with Gasteiger partial charge in [-0.15, -0.1) is 0 Å². The van der Waals surface area contributed by atoms with E-state index in [1.807, 2.05) is 0 Å². The van der Waals surface area contributed by atoms with E-state index in [2.05, 4.69) is 10.1 Å². The first kappa shape index (κ1) is 29.1. The molecule has 1 unspecified atom stereocenters. The van der Waals surface area contributed by atoms with Gasteiger partial charge in [0.25, 0.3) is 11.5 Å². The van der Waals surface area contributed by atoms with Crippen LogP contribution in [0.25, 0.3) is 0 Å². The Morgan fingerprint density at radius 3 is 2.42 bits per heavy atom. The zero-order valence-corrected chi connectivity index (χ0v) is 22.0. The van der Waals surface area contributed by atoms with Crippen LogP contribution in [0.3, 0.4) is 0 Å². The van der Waals surface area contributed by atoms with E-state index in [0.717, 1.165) is 28.8 Å². The van der Waals surface area contributed by atoms with Crippen molar-refractivity contribution in [2.24, 2.45) is 0 Å². The molecule has 1 fully saturated rings. The Hall–Kier alpha value is -3.90. The molecule has 212 valence electrons. The van der Waals surface area contributed by atoms with E-state index in [4.69, 9.17) is 16.3 Å². The number of alkyl halides is 3. The van der Waals surface area contributed by atoms with E-state index >= 15 is 4.39 Å². The summed E-state index contributed by atoms with van der Waals surface area (Å²) in [6.45, 7) is -1.08. The summed E-state index contributed by atoms with van der Waals surface area (Å²) in [7, 11) is 2.23. The fourth-order valence-corrected chi connectivity index (χ4v) is 4.64. The van der Waals surface area contributed by atoms with Gasteiger partial charge in [0.05, 0.1) is 13.7 Å². The number of amides is 2. The minimum Gasteiger partial charge on any atom is -0.497 e. The maximum absolute atomic E-state index is 15.1. The van der Waals surface area contributed by atoms with Gasteiger partial charge in [-0.3, -0.25) is 14.4 Å². The van der Waals surface area contributed by atoms with E-state index < -0.39 is 54.0 Å². The summed E-state index contributed by atoms with van der Waals surface area (Å²) >= 11 is 5.89. The smallest absolute Gasteiger partial charge is 0.416 e. The molecule has 0 spiro atoms. The molecule has 0 radical (unpaired) electrons. The number of carbonyl (C=O) groups excluding carboxylic acids is 2. The average Bonchev–Trinajstić information content (AvgIpc) is 3.22. The Labute approximate surface area is 231 Å². The van der Waals surface area contributed by atoms with Crippen LogP contribution in [0.5, 0.6) is 5.75 Å². The molecule has 1 N–H and O–H groups in total. The van der Waals surface area contributed by atoms with Crippen molar-refractivity contribution in [1.29, 1.82) is 0 Å². The first-order valence-electron chi connectivity index (χ1n) is 11.9. The van der Waals surface area contributed by atoms with Crippen LogP contribution in [0.15, 0.2) is 65.6 Å². The van der Waals surface area contributed by atoms with Crippen LogP contribution in [0.2, 0.25) is 5.02 Å². The fraction of sp³-hybridized carbons (Fsp3) is 0.296. The molecule has 1 aromatic heterocycles. The van der Waals surface area contributed by atoms with Crippen LogP contribution in [-0.2, 0) is 16.1 Å². The van der Waals surface area contributed by atoms with Crippen LogP contribution in [0, 0.1) is 5.82 Å². The number of ether oxygens (including phenoxy) is 2. The molecule has 2 aromatic carbocycles. The van der Waals surface area contributed by atoms with Crippen molar-refractivity contribution >= 4 is 29.1 Å². The van der Waals surface area contributed by atoms with Crippen molar-refractivity contribution in [2.75, 3.05) is 25.7 Å². The number of rotatable bonds is 8. The molecule has 3 atom stereocenters. The summed E-state index contributed by atoms with van der Waals surface area (Å²) in [5.74, 6) is -2.81. The molecule has 2 heterocycles. The molecule has 0 aliphatic carbocycles. The number of halogens is 5. The fourth-order valence-electron chi connectivity index (χ4n) is 4.51. The molecule has 1 aliphatic heterocycles. The van der Waals surface area contributed by atoms with E-state index in [1.54, 1.807) is 0 Å². The number of nitrogens with zero attached hydrogens (tertiary/aromatic N) is 2. The van der Waals surface area contributed by atoms with Gasteiger partial charge in [0.1, 0.15) is 23.3 Å². The van der Waals surface area contributed by atoms with Crippen LogP contribution in [0.4, 0.5) is 23.2 Å². The second-order valence-electron chi connectivity index (χ2n) is 9.02. The quantitative estimate of drug-likeness (QED) is 0.404. The Morgan fingerprint density at radius 1 is 1.12 bits per heavy atom. The highest BCUT2D eigenvalue weighted by atomic mass is 35.5. The van der Waals surface area contributed by atoms with Gasteiger partial charge in [-0.05, 0) is 48.0 Å². The third-order valence-electron chi connectivity index (χ3n) is 6.62. The van der Waals surface area contributed by atoms with Gasteiger partial charge in [-0.2, -0.15) is 13.2 Å². The highest BCUT2D eigenvalue weighted by Gasteiger charge is 2.45. The maximum Gasteiger partial charge on any atom is 0.416 e. The van der Waals surface area contributed by atoms with Gasteiger partial charge in [0.2, 0.25) is 5.91 Å². The zero-order valence-electron chi connectivity index (χ0n) is 21.2. The normalized spacial score (nSPS) is 18.1. The number of carbonyl (C=O) groups is 2. The first-order chi connectivity index (χ1) is 18.9. The van der Waals surface area contributed by atoms with E-state index in [1.165, 1.54) is 55.6 Å². The zero-order chi connectivity index (χ0) is 29.2. The van der Waals surface area contributed by atoms with Gasteiger partial charge in [0, 0.05) is 42.4 Å². The van der Waals surface area contributed by atoms with Crippen LogP contribution in [0.1, 0.15) is 21.8 Å². The van der Waals surface area contributed by atoms with Crippen LogP contribution < -0.4 is 20.5 Å². The lowest BCUT2D eigenvalue weighted by atomic mass is 9.93. The number of hydrogen-bond acceptors (Lipinski definition) is 5. The highest BCUT2D eigenvalue weighted by molar-refractivity contribution is 6.30. The monoisotopic (exact) mass is 581 g/mol. The van der Waals surface area contributed by atoms with Gasteiger partial charge in [-0.1, -0.05) is 17.7 Å². The number of methoxy groups -OCH3 is 2. The number of hydrogen-bond donors (Lipinski definition) is 1. The molecule has 1 aliphatic rings. The molecule has 4 rings (SSSR count). The molecule has 13 heteroatoms. The minimum absolute atomic E-state index is 0.0748. The summed E-state index contributed by atoms with van der Waals surface area (Å²) in [5.41, 5.74) is -0.859. The third kappa shape index (κ3) is 5.97. The van der Waals surface area contributed by atoms with Crippen molar-refractivity contribution in [3.05, 3.63) is 93.1 Å². The Morgan fingerprint density at radius 2 is 1.82 bits per heavy atom. The average molecular weight is 582 g/mol. The summed E-state index contributed by atoms with van der Waals surface area (Å²) in [6.07, 6.45) is -5.85. The lowest BCUT2D eigenvalue weighted by Gasteiger charge is -2.21. The van der Waals surface area contributed by atoms with Gasteiger partial charge in [0.15, 0.2) is 6.10 Å². The largest absolute Gasteiger partial charge is 0.497 e. The second-order valence-corrected chi connectivity index (χ2v) is 9.45. The summed E-state index contributed by atoms with van der Waals surface area (Å²) in [6, 6.07) is 11.2. The lowest BCUT2D eigenvalue weighted by molar-refractivity contribution is -0.216. The van der Waals surface area contributed by atoms with E-state index in [9.17, 15) is 27.6 Å². The molecular weight excluding hydrogens is 558 g/mol. The van der Waals surface area contributed by atoms with Gasteiger partial charge < -0.3 is 24.3 Å². The standard InChI is InChI=1S/C27H24ClF4N3O5/c1-39-17-9-10-18(20(29)12-17)19-13-35(26(38)23(19)33-24(36)15-5-7-16(28)8-6-15)21-4-3-11-34(25(21)37)14-22(40-2)27(30,31)32/h3-12,19,22-23H,13-14H2,1-2H3,(H,33,36)/t19-,22?,23-/m0/s1. The number of anilines is 1. The van der Waals surface area contributed by atoms with Crippen molar-refractivity contribution in [2.45, 2.75) is 30.8 Å². The molecule has 1 saturated heterocycles. The molecule has 3 aromatic rings. The Bertz CT molecular complexity index is 1460. The SMILES string of the molecule is COc1ccc([C@@H]2CN(c3cccn(CC(OC)C(F)(F)F)c3=O)C(=O)[C@H]2NC(=O)c2ccc(Cl)cc2)c(F)c1. The van der Waals surface area contributed by atoms with Crippen LogP contribution >= 0.6 is 11.6 Å². The molecule has 40 heavy (non-hydrogen) atoms. The van der Waals surface area contributed by atoms with Crippen LogP contribution in [-0.4, -0.2) is 55.5 Å². The molecule has 0 bridgehead atoms. The number of aromatic nitrogens is 1. The Balaban J connectivity index is 1.72. The number of nitrogens with one attached hydrogen (secondary N) is 1. The summed E-state index contributed by atoms with van der Waals surface area (Å²) in [5, 5.41) is 3.00. The summed E-state index contributed by atoms with van der Waals surface area (Å²) < 4.78 is 65.3. The predicted octanol–water partition coefficient (Wildman–Crippen LogP) is 4.16. The topological polar surface area (TPSA) is 89.9 Å². The minimum atomic E-state index is -4.73. The molecular formula is C27H24ClF4N3O5. The maximum atomic E-state index is 15.1. The van der Waals surface area contributed by atoms with Gasteiger partial charge >= 0.3 is 6.18 Å². The number of pyridine rings is 1. The van der Waals surface area contributed by atoms with Gasteiger partial charge in [-0.25, -0.2) is 4.39 Å². The second kappa shape index (κ2) is 11.7. The molecule has 0 saturated carbocycles. The molecule has 2 amide bonds. The van der Waals surface area contributed by atoms with E-state index in [-0.39, 0.29) is 29.1 Å². The summed E-state index contributed by atoms with van der Waals surface area (Å²) in [4.78, 5) is 40.9. The van der Waals surface area contributed by atoms with Crippen molar-refractivity contribution in [3.63, 3.8) is 0 Å². The Kier molecular flexibility index (Phi) is 8.50. The van der Waals surface area contributed by atoms with E-state index in [0.29, 0.717) is 5.02 Å². The third-order valence-corrected chi connectivity index (χ3v) is 6.87. The highest BCUT2D eigenvalue weighted by Crippen LogP contribution is 2.34. The first-order valence-corrected chi connectivity index (χ1v) is 12.3.